The number of aromatic nitrogens is 1. The second-order valence-electron chi connectivity index (χ2n) is 5.46. The monoisotopic (exact) mass is 348 g/mol. The zero-order valence-corrected chi connectivity index (χ0v) is 13.4. The van der Waals surface area contributed by atoms with Crippen LogP contribution >= 0.6 is 0 Å². The largest absolute Gasteiger partial charge is 0.503 e. The number of benzene rings is 1. The molecule has 25 heavy (non-hydrogen) atoms. The molecule has 1 heterocycles. The first-order valence-corrected chi connectivity index (χ1v) is 7.68. The van der Waals surface area contributed by atoms with Crippen molar-refractivity contribution in [1.29, 1.82) is 0 Å². The van der Waals surface area contributed by atoms with Crippen LogP contribution in [0, 0.1) is 0 Å². The van der Waals surface area contributed by atoms with E-state index in [1.807, 2.05) is 0 Å². The molecule has 8 heteroatoms. The summed E-state index contributed by atoms with van der Waals surface area (Å²) in [5.74, 6) is -1.02. The van der Waals surface area contributed by atoms with Gasteiger partial charge in [0.15, 0.2) is 5.75 Å². The lowest BCUT2D eigenvalue weighted by molar-refractivity contribution is 0.0444. The molecule has 134 valence electrons. The normalized spacial score (nSPS) is 13.2. The van der Waals surface area contributed by atoms with Gasteiger partial charge in [0, 0.05) is 37.4 Å². The number of hydrogen-bond donors (Lipinski definition) is 6. The number of amides is 1. The fourth-order valence-electron chi connectivity index (χ4n) is 2.53. The number of carbonyl (C=O) groups is 1. The van der Waals surface area contributed by atoms with E-state index in [0.29, 0.717) is 5.56 Å². The Balaban J connectivity index is 2.42. The number of carbonyl (C=O) groups excluding carboxylic acids is 1. The predicted molar refractivity (Wildman–Crippen MR) is 89.3 cm³/mol. The highest BCUT2D eigenvalue weighted by Gasteiger charge is 2.35. The summed E-state index contributed by atoms with van der Waals surface area (Å²) < 4.78 is 0. The van der Waals surface area contributed by atoms with Crippen LogP contribution in [-0.2, 0) is 5.60 Å². The number of hydrogen-bond acceptors (Lipinski definition) is 6. The summed E-state index contributed by atoms with van der Waals surface area (Å²) in [7, 11) is 0. The highest BCUT2D eigenvalue weighted by Crippen LogP contribution is 2.35. The Kier molecular flexibility index (Phi) is 5.92. The summed E-state index contributed by atoms with van der Waals surface area (Å²) in [5, 5.41) is 41.5. The van der Waals surface area contributed by atoms with Gasteiger partial charge in [-0.15, -0.1) is 0 Å². The molecule has 2 rings (SSSR count). The Morgan fingerprint density at radius 2 is 1.80 bits per heavy atom. The highest BCUT2D eigenvalue weighted by atomic mass is 16.3. The van der Waals surface area contributed by atoms with Gasteiger partial charge in [-0.25, -0.2) is 0 Å². The SMILES string of the molecule is O=C(NCCO)c1ccc(C(O)(CCO)c2[nH]ccc(=O)c2O)cc1. The third-order valence-corrected chi connectivity index (χ3v) is 3.84. The lowest BCUT2D eigenvalue weighted by atomic mass is 9.86. The average molecular weight is 348 g/mol. The lowest BCUT2D eigenvalue weighted by Crippen LogP contribution is -2.31. The van der Waals surface area contributed by atoms with E-state index >= 15 is 0 Å². The van der Waals surface area contributed by atoms with Crippen LogP contribution in [0.15, 0.2) is 41.3 Å². The van der Waals surface area contributed by atoms with E-state index in [-0.39, 0.29) is 36.7 Å². The van der Waals surface area contributed by atoms with E-state index in [0.717, 1.165) is 6.07 Å². The molecule has 1 amide bonds. The van der Waals surface area contributed by atoms with Crippen LogP contribution in [0.4, 0.5) is 0 Å². The second kappa shape index (κ2) is 7.93. The van der Waals surface area contributed by atoms with Crippen molar-refractivity contribution in [2.45, 2.75) is 12.0 Å². The fourth-order valence-corrected chi connectivity index (χ4v) is 2.53. The first kappa shape index (κ1) is 18.7. The lowest BCUT2D eigenvalue weighted by Gasteiger charge is -2.28. The zero-order chi connectivity index (χ0) is 18.4. The van der Waals surface area contributed by atoms with Gasteiger partial charge in [-0.2, -0.15) is 0 Å². The van der Waals surface area contributed by atoms with Gasteiger partial charge < -0.3 is 30.7 Å². The van der Waals surface area contributed by atoms with Crippen LogP contribution in [0.1, 0.15) is 28.0 Å². The zero-order valence-electron chi connectivity index (χ0n) is 13.4. The van der Waals surface area contributed by atoms with Gasteiger partial charge in [0.25, 0.3) is 5.91 Å². The Morgan fingerprint density at radius 1 is 1.12 bits per heavy atom. The molecule has 1 unspecified atom stereocenters. The Bertz CT molecular complexity index is 786. The van der Waals surface area contributed by atoms with Crippen LogP contribution in [-0.4, -0.2) is 51.1 Å². The maximum atomic E-state index is 11.8. The van der Waals surface area contributed by atoms with Crippen LogP contribution in [0.5, 0.6) is 5.75 Å². The van der Waals surface area contributed by atoms with Gasteiger partial charge in [-0.3, -0.25) is 9.59 Å². The van der Waals surface area contributed by atoms with Gasteiger partial charge in [-0.1, -0.05) is 12.1 Å². The molecule has 8 nitrogen and oxygen atoms in total. The maximum Gasteiger partial charge on any atom is 0.251 e. The molecular formula is C17H20N2O6. The summed E-state index contributed by atoms with van der Waals surface area (Å²) in [6, 6.07) is 6.97. The summed E-state index contributed by atoms with van der Waals surface area (Å²) in [5.41, 5.74) is -2.03. The molecular weight excluding hydrogens is 328 g/mol. The van der Waals surface area contributed by atoms with Crippen molar-refractivity contribution >= 4 is 5.91 Å². The smallest absolute Gasteiger partial charge is 0.251 e. The molecule has 1 atom stereocenters. The third-order valence-electron chi connectivity index (χ3n) is 3.84. The predicted octanol–water partition coefficient (Wildman–Crippen LogP) is -0.579. The molecule has 1 aromatic carbocycles. The number of rotatable bonds is 7. The van der Waals surface area contributed by atoms with Gasteiger partial charge >= 0.3 is 0 Å². The van der Waals surface area contributed by atoms with E-state index in [1.54, 1.807) is 0 Å². The maximum absolute atomic E-state index is 11.8. The van der Waals surface area contributed by atoms with Crippen LogP contribution < -0.4 is 10.7 Å². The Labute approximate surface area is 143 Å². The minimum absolute atomic E-state index is 0.119. The quantitative estimate of drug-likeness (QED) is 0.395. The third kappa shape index (κ3) is 3.87. The highest BCUT2D eigenvalue weighted by molar-refractivity contribution is 5.94. The van der Waals surface area contributed by atoms with E-state index in [4.69, 9.17) is 5.11 Å². The summed E-state index contributed by atoms with van der Waals surface area (Å²) in [4.78, 5) is 26.1. The average Bonchev–Trinajstić information content (AvgIpc) is 2.62. The minimum Gasteiger partial charge on any atom is -0.503 e. The molecule has 0 radical (unpaired) electrons. The molecule has 0 spiro atoms. The van der Waals surface area contributed by atoms with E-state index in [9.17, 15) is 24.9 Å². The van der Waals surface area contributed by atoms with Crippen molar-refractivity contribution in [2.24, 2.45) is 0 Å². The number of pyridine rings is 1. The van der Waals surface area contributed by atoms with Gasteiger partial charge in [0.1, 0.15) is 5.60 Å². The van der Waals surface area contributed by atoms with Crippen molar-refractivity contribution in [2.75, 3.05) is 19.8 Å². The molecule has 0 fully saturated rings. The van der Waals surface area contributed by atoms with Crippen molar-refractivity contribution in [3.05, 3.63) is 63.6 Å². The summed E-state index contributed by atoms with van der Waals surface area (Å²) >= 11 is 0. The Morgan fingerprint density at radius 3 is 2.40 bits per heavy atom. The number of aliphatic hydroxyl groups is 3. The molecule has 1 aromatic heterocycles. The number of aliphatic hydroxyl groups excluding tert-OH is 2. The van der Waals surface area contributed by atoms with Gasteiger partial charge in [0.05, 0.1) is 12.3 Å². The summed E-state index contributed by atoms with van der Waals surface area (Å²) in [6.07, 6.45) is 1.12. The van der Waals surface area contributed by atoms with E-state index in [1.165, 1.54) is 30.5 Å². The molecule has 6 N–H and O–H groups in total. The molecule has 0 aliphatic carbocycles. The number of aromatic hydroxyl groups is 1. The van der Waals surface area contributed by atoms with E-state index < -0.39 is 23.4 Å². The first-order chi connectivity index (χ1) is 11.9. The Hall–Kier alpha value is -2.68. The number of H-pyrrole nitrogens is 1. The first-order valence-electron chi connectivity index (χ1n) is 7.68. The summed E-state index contributed by atoms with van der Waals surface area (Å²) in [6.45, 7) is -0.458. The molecule has 0 saturated heterocycles. The topological polar surface area (TPSA) is 143 Å². The van der Waals surface area contributed by atoms with Crippen LogP contribution in [0.25, 0.3) is 0 Å². The molecule has 0 aliphatic heterocycles. The minimum atomic E-state index is -1.83. The molecule has 0 saturated carbocycles. The van der Waals surface area contributed by atoms with Crippen LogP contribution in [0.3, 0.4) is 0 Å². The van der Waals surface area contributed by atoms with Crippen molar-refractivity contribution < 1.29 is 25.2 Å². The van der Waals surface area contributed by atoms with E-state index in [2.05, 4.69) is 10.3 Å². The fraction of sp³-hybridized carbons (Fsp3) is 0.294. The molecule has 2 aromatic rings. The van der Waals surface area contributed by atoms with Gasteiger partial charge in [-0.05, 0) is 17.7 Å². The van der Waals surface area contributed by atoms with Crippen molar-refractivity contribution in [3.8, 4) is 5.75 Å². The second-order valence-corrected chi connectivity index (χ2v) is 5.46. The van der Waals surface area contributed by atoms with Crippen LogP contribution in [0.2, 0.25) is 0 Å². The number of aromatic amines is 1. The number of nitrogens with one attached hydrogen (secondary N) is 2. The standard InChI is InChI=1S/C17H20N2O6/c20-9-6-17(25,15-14(23)13(22)5-7-18-15)12-3-1-11(2-4-12)16(24)19-8-10-21/h1-5,7,20-21,23,25H,6,8-10H2,(H,18,22)(H,19,24). The van der Waals surface area contributed by atoms with Crippen molar-refractivity contribution in [3.63, 3.8) is 0 Å². The van der Waals surface area contributed by atoms with Crippen molar-refractivity contribution in [1.82, 2.24) is 10.3 Å². The molecule has 0 aliphatic rings. The van der Waals surface area contributed by atoms with Gasteiger partial charge in [0.2, 0.25) is 5.43 Å². The molecule has 0 bridgehead atoms.